The zero-order valence-electron chi connectivity index (χ0n) is 22.8. The lowest BCUT2D eigenvalue weighted by Gasteiger charge is -2.08. The lowest BCUT2D eigenvalue weighted by atomic mass is 10.0. The van der Waals surface area contributed by atoms with E-state index in [2.05, 4.69) is 24.1 Å². The summed E-state index contributed by atoms with van der Waals surface area (Å²) in [6, 6.07) is 20.8. The van der Waals surface area contributed by atoms with Crippen LogP contribution >= 0.6 is 11.6 Å². The predicted octanol–water partition coefficient (Wildman–Crippen LogP) is 7.75. The van der Waals surface area contributed by atoms with Crippen molar-refractivity contribution in [1.82, 2.24) is 9.55 Å². The number of unbranched alkanes of at least 4 members (excludes halogenated alkanes) is 1. The van der Waals surface area contributed by atoms with Gasteiger partial charge in [0.1, 0.15) is 5.75 Å². The molecule has 0 fully saturated rings. The Labute approximate surface area is 243 Å². The highest BCUT2D eigenvalue weighted by Crippen LogP contribution is 2.28. The van der Waals surface area contributed by atoms with Gasteiger partial charge in [0.15, 0.2) is 0 Å². The summed E-state index contributed by atoms with van der Waals surface area (Å²) in [5.41, 5.74) is 4.33. The van der Waals surface area contributed by atoms with E-state index in [9.17, 15) is 9.00 Å². The average Bonchev–Trinajstić information content (AvgIpc) is 3.40. The number of nitrogens with one attached hydrogen (secondary N) is 1. The number of amides is 1. The lowest BCUT2D eigenvalue weighted by Crippen LogP contribution is -2.08. The summed E-state index contributed by atoms with van der Waals surface area (Å²) >= 11 is 6.41. The number of hydrogen-bond donors (Lipinski definition) is 1. The van der Waals surface area contributed by atoms with Crippen molar-refractivity contribution in [3.8, 4) is 16.9 Å². The maximum Gasteiger partial charge on any atom is 0.248 e. The summed E-state index contributed by atoms with van der Waals surface area (Å²) in [6.07, 6.45) is 9.80. The number of halogens is 1. The monoisotopic (exact) mass is 575 g/mol. The first-order valence-electron chi connectivity index (χ1n) is 13.5. The molecule has 0 radical (unpaired) electrons. The summed E-state index contributed by atoms with van der Waals surface area (Å²) in [6.45, 7) is 5.80. The first kappa shape index (κ1) is 29.3. The smallest absolute Gasteiger partial charge is 0.248 e. The van der Waals surface area contributed by atoms with E-state index in [1.807, 2.05) is 47.0 Å². The zero-order chi connectivity index (χ0) is 28.3. The molecule has 1 N–H and O–H groups in total. The molecule has 1 atom stereocenters. The van der Waals surface area contributed by atoms with Crippen LogP contribution in [0.1, 0.15) is 44.4 Å². The molecule has 40 heavy (non-hydrogen) atoms. The second-order valence-electron chi connectivity index (χ2n) is 9.38. The highest BCUT2D eigenvalue weighted by molar-refractivity contribution is 7.84. The van der Waals surface area contributed by atoms with Gasteiger partial charge in [0, 0.05) is 34.4 Å². The number of benzene rings is 3. The second kappa shape index (κ2) is 14.6. The minimum Gasteiger partial charge on any atom is -0.494 e. The van der Waals surface area contributed by atoms with E-state index in [0.29, 0.717) is 28.0 Å². The number of aromatic nitrogens is 2. The summed E-state index contributed by atoms with van der Waals surface area (Å²) in [7, 11) is -1.21. The molecule has 4 aromatic rings. The van der Waals surface area contributed by atoms with E-state index in [1.54, 1.807) is 42.9 Å². The highest BCUT2D eigenvalue weighted by Gasteiger charge is 2.10. The maximum absolute atomic E-state index is 12.8. The van der Waals surface area contributed by atoms with Crippen LogP contribution in [0.5, 0.6) is 5.75 Å². The van der Waals surface area contributed by atoms with Crippen molar-refractivity contribution in [3.63, 3.8) is 0 Å². The van der Waals surface area contributed by atoms with Crippen molar-refractivity contribution in [2.75, 3.05) is 11.9 Å². The van der Waals surface area contributed by atoms with E-state index >= 15 is 0 Å². The Morgan fingerprint density at radius 1 is 1.02 bits per heavy atom. The Kier molecular flexibility index (Phi) is 10.7. The van der Waals surface area contributed by atoms with E-state index in [1.165, 1.54) is 6.08 Å². The number of hydrogen-bond acceptors (Lipinski definition) is 4. The Balaban J connectivity index is 1.35. The van der Waals surface area contributed by atoms with Crippen LogP contribution in [0.4, 0.5) is 5.69 Å². The lowest BCUT2D eigenvalue weighted by molar-refractivity contribution is -0.111. The molecule has 0 saturated carbocycles. The molecule has 1 amide bonds. The van der Waals surface area contributed by atoms with Crippen molar-refractivity contribution >= 4 is 40.1 Å². The predicted molar refractivity (Wildman–Crippen MR) is 164 cm³/mol. The molecular weight excluding hydrogens is 542 g/mol. The molecule has 6 nitrogen and oxygen atoms in total. The zero-order valence-corrected chi connectivity index (χ0v) is 24.4. The minimum atomic E-state index is -1.21. The Morgan fingerprint density at radius 3 is 2.50 bits per heavy atom. The largest absolute Gasteiger partial charge is 0.494 e. The van der Waals surface area contributed by atoms with Gasteiger partial charge in [0.05, 0.1) is 35.2 Å². The van der Waals surface area contributed by atoms with Gasteiger partial charge in [-0.2, -0.15) is 0 Å². The Bertz CT molecular complexity index is 1460. The Morgan fingerprint density at radius 2 is 1.77 bits per heavy atom. The quantitative estimate of drug-likeness (QED) is 0.131. The van der Waals surface area contributed by atoms with Gasteiger partial charge in [0.25, 0.3) is 0 Å². The molecule has 208 valence electrons. The fourth-order valence-electron chi connectivity index (χ4n) is 4.10. The number of carbonyl (C=O) groups excluding carboxylic acids is 1. The van der Waals surface area contributed by atoms with Crippen molar-refractivity contribution in [2.24, 2.45) is 0 Å². The van der Waals surface area contributed by atoms with Gasteiger partial charge in [-0.15, -0.1) is 0 Å². The van der Waals surface area contributed by atoms with Crippen LogP contribution < -0.4 is 10.1 Å². The highest BCUT2D eigenvalue weighted by atomic mass is 35.5. The van der Waals surface area contributed by atoms with E-state index in [0.717, 1.165) is 53.9 Å². The van der Waals surface area contributed by atoms with E-state index in [4.69, 9.17) is 16.3 Å². The third-order valence-electron chi connectivity index (χ3n) is 6.29. The number of carbonyl (C=O) groups is 1. The molecule has 1 unspecified atom stereocenters. The Hall–Kier alpha value is -3.68. The molecule has 0 bridgehead atoms. The molecule has 4 rings (SSSR count). The van der Waals surface area contributed by atoms with Gasteiger partial charge in [-0.05, 0) is 84.1 Å². The van der Waals surface area contributed by atoms with Crippen LogP contribution in [-0.2, 0) is 27.9 Å². The molecule has 0 aliphatic heterocycles. The normalized spacial score (nSPS) is 12.0. The van der Waals surface area contributed by atoms with Crippen LogP contribution in [0.15, 0.2) is 90.2 Å². The molecule has 0 saturated heterocycles. The minimum absolute atomic E-state index is 0.285. The van der Waals surface area contributed by atoms with Crippen LogP contribution in [0.3, 0.4) is 0 Å². The molecule has 3 aromatic carbocycles. The maximum atomic E-state index is 12.8. The fourth-order valence-corrected chi connectivity index (χ4v) is 5.39. The topological polar surface area (TPSA) is 73.2 Å². The molecule has 0 spiro atoms. The molecule has 0 aliphatic carbocycles. The van der Waals surface area contributed by atoms with Gasteiger partial charge < -0.3 is 14.6 Å². The van der Waals surface area contributed by atoms with Crippen molar-refractivity contribution in [3.05, 3.63) is 102 Å². The third kappa shape index (κ3) is 8.16. The molecule has 8 heteroatoms. The van der Waals surface area contributed by atoms with Gasteiger partial charge in [-0.25, -0.2) is 4.98 Å². The number of rotatable bonds is 13. The SMILES string of the molecule is CCCCOc1ccc(-c2ccc(Cl)c(/C=C/C(=O)Nc3ccc(S(=O)Cc4cncn4CCC)cc3)c2)cc1. The standard InChI is InChI=1S/C32H34ClN3O3S/c1-3-5-19-39-29-12-6-24(7-13-29)25-8-16-31(33)26(20-25)9-17-32(37)35-27-10-14-30(15-11-27)40(38)22-28-21-34-23-36(28)18-4-2/h6-17,20-21,23H,3-5,18-19,22H2,1-2H3,(H,35,37)/b17-9+. The first-order valence-corrected chi connectivity index (χ1v) is 15.2. The van der Waals surface area contributed by atoms with Crippen molar-refractivity contribution in [2.45, 2.75) is 50.3 Å². The fraction of sp³-hybridized carbons (Fsp3) is 0.250. The van der Waals surface area contributed by atoms with E-state index in [-0.39, 0.29) is 5.91 Å². The molecule has 0 aliphatic rings. The van der Waals surface area contributed by atoms with Crippen LogP contribution in [0.2, 0.25) is 5.02 Å². The van der Waals surface area contributed by atoms with E-state index < -0.39 is 10.8 Å². The van der Waals surface area contributed by atoms with Crippen LogP contribution in [0, 0.1) is 0 Å². The van der Waals surface area contributed by atoms with Crippen LogP contribution in [0.25, 0.3) is 17.2 Å². The average molecular weight is 576 g/mol. The van der Waals surface area contributed by atoms with Gasteiger partial charge in [0.2, 0.25) is 5.91 Å². The number of anilines is 1. The molecule has 1 heterocycles. The number of ether oxygens (including phenoxy) is 1. The van der Waals surface area contributed by atoms with Crippen molar-refractivity contribution in [1.29, 1.82) is 0 Å². The number of imidazole rings is 1. The molecule has 1 aromatic heterocycles. The van der Waals surface area contributed by atoms with Crippen LogP contribution in [-0.4, -0.2) is 26.3 Å². The number of aryl methyl sites for hydroxylation is 1. The summed E-state index contributed by atoms with van der Waals surface area (Å²) < 4.78 is 20.6. The summed E-state index contributed by atoms with van der Waals surface area (Å²) in [5.74, 6) is 0.958. The van der Waals surface area contributed by atoms with Gasteiger partial charge in [-0.3, -0.25) is 9.00 Å². The summed E-state index contributed by atoms with van der Waals surface area (Å²) in [4.78, 5) is 17.5. The number of nitrogens with zero attached hydrogens (tertiary/aromatic N) is 2. The second-order valence-corrected chi connectivity index (χ2v) is 11.2. The summed E-state index contributed by atoms with van der Waals surface area (Å²) in [5, 5.41) is 3.40. The van der Waals surface area contributed by atoms with Crippen molar-refractivity contribution < 1.29 is 13.7 Å². The third-order valence-corrected chi connectivity index (χ3v) is 7.99. The molecular formula is C32H34ClN3O3S. The van der Waals surface area contributed by atoms with Gasteiger partial charge in [-0.1, -0.05) is 50.1 Å². The van der Waals surface area contributed by atoms with Gasteiger partial charge >= 0.3 is 0 Å². The first-order chi connectivity index (χ1) is 19.5.